The quantitative estimate of drug-likeness (QED) is 0.824. The van der Waals surface area contributed by atoms with Gasteiger partial charge in [0, 0.05) is 12.8 Å². The summed E-state index contributed by atoms with van der Waals surface area (Å²) in [4.78, 5) is 4.46. The maximum Gasteiger partial charge on any atom is 0.227 e. The van der Waals surface area contributed by atoms with Crippen LogP contribution in [0.3, 0.4) is 0 Å². The van der Waals surface area contributed by atoms with Crippen molar-refractivity contribution < 1.29 is 4.52 Å². The Bertz CT molecular complexity index is 350. The van der Waals surface area contributed by atoms with E-state index >= 15 is 0 Å². The highest BCUT2D eigenvalue weighted by Gasteiger charge is 2.37. The molecule has 4 heteroatoms. The van der Waals surface area contributed by atoms with Gasteiger partial charge in [-0.05, 0) is 37.1 Å². The van der Waals surface area contributed by atoms with Gasteiger partial charge in [-0.1, -0.05) is 25.4 Å². The topological polar surface area (TPSA) is 64.9 Å². The molecule has 0 radical (unpaired) electrons. The lowest BCUT2D eigenvalue weighted by molar-refractivity contribution is 0.129. The maximum absolute atomic E-state index is 5.83. The second kappa shape index (κ2) is 5.17. The molecule has 1 heterocycles. The van der Waals surface area contributed by atoms with Crippen LogP contribution in [0.25, 0.3) is 0 Å². The van der Waals surface area contributed by atoms with E-state index in [-0.39, 0.29) is 5.41 Å². The van der Waals surface area contributed by atoms with E-state index in [1.165, 1.54) is 19.3 Å². The number of nitrogens with two attached hydrogens (primary N) is 1. The molecule has 17 heavy (non-hydrogen) atoms. The minimum absolute atomic E-state index is 0.252. The average Bonchev–Trinajstić information content (AvgIpc) is 2.68. The van der Waals surface area contributed by atoms with Crippen LogP contribution in [0, 0.1) is 11.3 Å². The molecule has 1 aliphatic carbocycles. The lowest BCUT2D eigenvalue weighted by Crippen LogP contribution is -2.39. The SMILES string of the molecule is CC(C)CCc1noc(CC2(CN)CCC2)n1. The Morgan fingerprint density at radius 3 is 2.71 bits per heavy atom. The van der Waals surface area contributed by atoms with Crippen LogP contribution in [0.2, 0.25) is 0 Å². The van der Waals surface area contributed by atoms with Crippen molar-refractivity contribution >= 4 is 0 Å². The fraction of sp³-hybridized carbons (Fsp3) is 0.846. The van der Waals surface area contributed by atoms with Gasteiger partial charge in [0.1, 0.15) is 0 Å². The van der Waals surface area contributed by atoms with Crippen LogP contribution in [0.1, 0.15) is 51.2 Å². The molecule has 1 aromatic heterocycles. The maximum atomic E-state index is 5.83. The molecule has 2 rings (SSSR count). The zero-order chi connectivity index (χ0) is 12.3. The number of nitrogens with zero attached hydrogens (tertiary/aromatic N) is 2. The van der Waals surface area contributed by atoms with E-state index in [9.17, 15) is 0 Å². The van der Waals surface area contributed by atoms with E-state index in [0.717, 1.165) is 37.5 Å². The van der Waals surface area contributed by atoms with Crippen LogP contribution in [0.15, 0.2) is 4.52 Å². The number of hydrogen-bond acceptors (Lipinski definition) is 4. The molecule has 0 bridgehead atoms. The Kier molecular flexibility index (Phi) is 3.82. The van der Waals surface area contributed by atoms with Gasteiger partial charge in [-0.3, -0.25) is 0 Å². The smallest absolute Gasteiger partial charge is 0.227 e. The fourth-order valence-electron chi connectivity index (χ4n) is 2.33. The number of aryl methyl sites for hydroxylation is 1. The largest absolute Gasteiger partial charge is 0.339 e. The summed E-state index contributed by atoms with van der Waals surface area (Å²) < 4.78 is 5.31. The van der Waals surface area contributed by atoms with Crippen LogP contribution in [-0.2, 0) is 12.8 Å². The summed E-state index contributed by atoms with van der Waals surface area (Å²) in [6.07, 6.45) is 6.57. The fourth-order valence-corrected chi connectivity index (χ4v) is 2.33. The molecule has 0 aliphatic heterocycles. The van der Waals surface area contributed by atoms with Crippen LogP contribution in [-0.4, -0.2) is 16.7 Å². The van der Waals surface area contributed by atoms with E-state index in [0.29, 0.717) is 5.92 Å². The van der Waals surface area contributed by atoms with Crippen molar-refractivity contribution in [2.45, 2.75) is 52.4 Å². The van der Waals surface area contributed by atoms with E-state index < -0.39 is 0 Å². The molecule has 4 nitrogen and oxygen atoms in total. The van der Waals surface area contributed by atoms with E-state index in [4.69, 9.17) is 10.3 Å². The van der Waals surface area contributed by atoms with Crippen molar-refractivity contribution in [2.75, 3.05) is 6.54 Å². The molecule has 0 spiro atoms. The van der Waals surface area contributed by atoms with Crippen LogP contribution in [0.5, 0.6) is 0 Å². The predicted molar refractivity (Wildman–Crippen MR) is 66.5 cm³/mol. The molecule has 0 saturated heterocycles. The Hall–Kier alpha value is -0.900. The second-order valence-corrected chi connectivity index (χ2v) is 5.77. The van der Waals surface area contributed by atoms with Crippen LogP contribution < -0.4 is 5.73 Å². The molecule has 1 fully saturated rings. The monoisotopic (exact) mass is 237 g/mol. The summed E-state index contributed by atoms with van der Waals surface area (Å²) in [6, 6.07) is 0. The minimum atomic E-state index is 0.252. The van der Waals surface area contributed by atoms with Crippen molar-refractivity contribution in [1.29, 1.82) is 0 Å². The number of hydrogen-bond donors (Lipinski definition) is 1. The van der Waals surface area contributed by atoms with Crippen molar-refractivity contribution in [1.82, 2.24) is 10.1 Å². The Morgan fingerprint density at radius 1 is 1.41 bits per heavy atom. The van der Waals surface area contributed by atoms with Crippen molar-refractivity contribution in [3.63, 3.8) is 0 Å². The Labute approximate surface area is 103 Å². The van der Waals surface area contributed by atoms with E-state index in [2.05, 4.69) is 24.0 Å². The highest BCUT2D eigenvalue weighted by molar-refractivity contribution is 4.97. The third-order valence-corrected chi connectivity index (χ3v) is 3.83. The molecular weight excluding hydrogens is 214 g/mol. The molecule has 2 N–H and O–H groups in total. The van der Waals surface area contributed by atoms with Crippen LogP contribution >= 0.6 is 0 Å². The van der Waals surface area contributed by atoms with Gasteiger partial charge < -0.3 is 10.3 Å². The zero-order valence-corrected chi connectivity index (χ0v) is 10.9. The molecule has 96 valence electrons. The van der Waals surface area contributed by atoms with E-state index in [1.54, 1.807) is 0 Å². The Balaban J connectivity index is 1.89. The van der Waals surface area contributed by atoms with Crippen molar-refractivity contribution in [3.05, 3.63) is 11.7 Å². The third kappa shape index (κ3) is 3.06. The summed E-state index contributed by atoms with van der Waals surface area (Å²) in [7, 11) is 0. The predicted octanol–water partition coefficient (Wildman–Crippen LogP) is 2.33. The van der Waals surface area contributed by atoms with Crippen molar-refractivity contribution in [2.24, 2.45) is 17.1 Å². The standard InChI is InChI=1S/C13H23N3O/c1-10(2)4-5-11-15-12(17-16-11)8-13(9-14)6-3-7-13/h10H,3-9,14H2,1-2H3. The van der Waals surface area contributed by atoms with Crippen LogP contribution in [0.4, 0.5) is 0 Å². The van der Waals surface area contributed by atoms with Gasteiger partial charge in [-0.15, -0.1) is 0 Å². The molecule has 0 atom stereocenters. The first kappa shape index (κ1) is 12.6. The second-order valence-electron chi connectivity index (χ2n) is 5.77. The first-order valence-electron chi connectivity index (χ1n) is 6.65. The van der Waals surface area contributed by atoms with Gasteiger partial charge >= 0.3 is 0 Å². The average molecular weight is 237 g/mol. The van der Waals surface area contributed by atoms with Gasteiger partial charge in [0.15, 0.2) is 5.82 Å². The highest BCUT2D eigenvalue weighted by Crippen LogP contribution is 2.42. The zero-order valence-electron chi connectivity index (χ0n) is 10.9. The number of rotatable bonds is 6. The van der Waals surface area contributed by atoms with Gasteiger partial charge in [-0.25, -0.2) is 0 Å². The molecule has 1 aliphatic rings. The van der Waals surface area contributed by atoms with E-state index in [1.807, 2.05) is 0 Å². The summed E-state index contributed by atoms with van der Waals surface area (Å²) in [5.74, 6) is 2.30. The summed E-state index contributed by atoms with van der Waals surface area (Å²) >= 11 is 0. The summed E-state index contributed by atoms with van der Waals surface area (Å²) in [6.45, 7) is 5.15. The summed E-state index contributed by atoms with van der Waals surface area (Å²) in [5, 5.41) is 4.04. The normalized spacial score (nSPS) is 18.4. The highest BCUT2D eigenvalue weighted by atomic mass is 16.5. The third-order valence-electron chi connectivity index (χ3n) is 3.83. The van der Waals surface area contributed by atoms with Gasteiger partial charge in [-0.2, -0.15) is 4.98 Å². The molecular formula is C13H23N3O. The van der Waals surface area contributed by atoms with Gasteiger partial charge in [0.25, 0.3) is 0 Å². The van der Waals surface area contributed by atoms with Crippen molar-refractivity contribution in [3.8, 4) is 0 Å². The Morgan fingerprint density at radius 2 is 2.18 bits per heavy atom. The molecule has 1 aromatic rings. The molecule has 0 unspecified atom stereocenters. The first-order valence-corrected chi connectivity index (χ1v) is 6.65. The first-order chi connectivity index (χ1) is 8.13. The lowest BCUT2D eigenvalue weighted by atomic mass is 9.67. The lowest BCUT2D eigenvalue weighted by Gasteiger charge is -2.39. The molecule has 0 amide bonds. The summed E-state index contributed by atoms with van der Waals surface area (Å²) in [5.41, 5.74) is 6.08. The molecule has 0 aromatic carbocycles. The van der Waals surface area contributed by atoms with Gasteiger partial charge in [0.05, 0.1) is 0 Å². The van der Waals surface area contributed by atoms with Gasteiger partial charge in [0.2, 0.25) is 5.89 Å². The molecule has 1 saturated carbocycles. The number of aromatic nitrogens is 2. The minimum Gasteiger partial charge on any atom is -0.339 e.